The number of benzene rings is 2. The second-order valence-electron chi connectivity index (χ2n) is 6.00. The van der Waals surface area contributed by atoms with E-state index in [1.165, 1.54) is 0 Å². The van der Waals surface area contributed by atoms with Gasteiger partial charge < -0.3 is 10.1 Å². The number of hydrogen-bond acceptors (Lipinski definition) is 3. The van der Waals surface area contributed by atoms with Gasteiger partial charge in [-0.05, 0) is 50.1 Å². The minimum atomic E-state index is -0.0584. The fraction of sp³-hybridized carbons (Fsp3) is 0.238. The lowest BCUT2D eigenvalue weighted by atomic mass is 9.99. The summed E-state index contributed by atoms with van der Waals surface area (Å²) in [5.74, 6) is 0.692. The summed E-state index contributed by atoms with van der Waals surface area (Å²) < 4.78 is 5.47. The lowest BCUT2D eigenvalue weighted by molar-refractivity contribution is -0.115. The molecule has 4 nitrogen and oxygen atoms in total. The number of anilines is 1. The lowest BCUT2D eigenvalue weighted by Gasteiger charge is -2.13. The molecule has 0 aliphatic rings. The summed E-state index contributed by atoms with van der Waals surface area (Å²) in [4.78, 5) is 17.1. The Morgan fingerprint density at radius 1 is 1.12 bits per heavy atom. The third kappa shape index (κ3) is 3.79. The zero-order valence-electron chi connectivity index (χ0n) is 14.8. The largest absolute Gasteiger partial charge is 0.494 e. The number of nitrogens with zero attached hydrogens (tertiary/aromatic N) is 1. The predicted octanol–water partition coefficient (Wildman–Crippen LogP) is 4.43. The van der Waals surface area contributed by atoms with Gasteiger partial charge >= 0.3 is 0 Å². The van der Waals surface area contributed by atoms with E-state index in [2.05, 4.69) is 17.2 Å². The average molecular weight is 334 g/mol. The minimum Gasteiger partial charge on any atom is -0.494 e. The van der Waals surface area contributed by atoms with E-state index in [1.54, 1.807) is 0 Å². The van der Waals surface area contributed by atoms with E-state index in [0.29, 0.717) is 13.0 Å². The van der Waals surface area contributed by atoms with Gasteiger partial charge in [-0.25, -0.2) is 0 Å². The number of aromatic nitrogens is 1. The Morgan fingerprint density at radius 2 is 1.92 bits per heavy atom. The molecule has 0 atom stereocenters. The summed E-state index contributed by atoms with van der Waals surface area (Å²) in [7, 11) is 0. The Hall–Kier alpha value is -2.88. The molecule has 3 rings (SSSR count). The Balaban J connectivity index is 1.81. The van der Waals surface area contributed by atoms with Crippen LogP contribution < -0.4 is 10.1 Å². The number of pyridine rings is 1. The summed E-state index contributed by atoms with van der Waals surface area (Å²) in [5.41, 5.74) is 4.69. The van der Waals surface area contributed by atoms with Gasteiger partial charge in [-0.1, -0.05) is 24.3 Å². The first kappa shape index (κ1) is 17.0. The van der Waals surface area contributed by atoms with E-state index in [-0.39, 0.29) is 5.91 Å². The summed E-state index contributed by atoms with van der Waals surface area (Å²) in [6.45, 7) is 6.54. The van der Waals surface area contributed by atoms with Crippen molar-refractivity contribution in [3.8, 4) is 5.75 Å². The van der Waals surface area contributed by atoms with Gasteiger partial charge in [0.05, 0.1) is 18.5 Å². The van der Waals surface area contributed by atoms with Crippen molar-refractivity contribution >= 4 is 22.5 Å². The first-order valence-corrected chi connectivity index (χ1v) is 8.46. The molecular formula is C21H22N2O2. The highest BCUT2D eigenvalue weighted by Gasteiger charge is 2.13. The van der Waals surface area contributed by atoms with Crippen LogP contribution in [-0.2, 0) is 11.2 Å². The number of hydrogen-bond donors (Lipinski definition) is 1. The van der Waals surface area contributed by atoms with Crippen LogP contribution >= 0.6 is 0 Å². The number of aryl methyl sites for hydroxylation is 2. The molecule has 3 aromatic rings. The van der Waals surface area contributed by atoms with Crippen molar-refractivity contribution in [2.24, 2.45) is 0 Å². The van der Waals surface area contributed by atoms with Gasteiger partial charge in [-0.3, -0.25) is 9.78 Å². The van der Waals surface area contributed by atoms with Crippen LogP contribution in [-0.4, -0.2) is 17.5 Å². The number of para-hydroxylation sites is 1. The van der Waals surface area contributed by atoms with Crippen LogP contribution in [0.2, 0.25) is 0 Å². The molecule has 1 amide bonds. The zero-order chi connectivity index (χ0) is 17.8. The lowest BCUT2D eigenvalue weighted by Crippen LogP contribution is -2.16. The van der Waals surface area contributed by atoms with Crippen molar-refractivity contribution in [1.29, 1.82) is 0 Å². The fourth-order valence-corrected chi connectivity index (χ4v) is 3.03. The van der Waals surface area contributed by atoms with E-state index in [4.69, 9.17) is 4.74 Å². The van der Waals surface area contributed by atoms with Gasteiger partial charge in [0.15, 0.2) is 0 Å². The third-order valence-electron chi connectivity index (χ3n) is 4.25. The Kier molecular flexibility index (Phi) is 4.98. The molecule has 1 N–H and O–H groups in total. The molecule has 0 fully saturated rings. The van der Waals surface area contributed by atoms with Crippen molar-refractivity contribution in [2.75, 3.05) is 11.9 Å². The number of carbonyl (C=O) groups excluding carboxylic acids is 1. The Labute approximate surface area is 147 Å². The number of nitrogens with one attached hydrogen (secondary N) is 1. The molecule has 0 aliphatic heterocycles. The zero-order valence-corrected chi connectivity index (χ0v) is 14.8. The van der Waals surface area contributed by atoms with Crippen molar-refractivity contribution < 1.29 is 9.53 Å². The molecule has 0 spiro atoms. The van der Waals surface area contributed by atoms with E-state index >= 15 is 0 Å². The number of fused-ring (bicyclic) bond motifs is 1. The van der Waals surface area contributed by atoms with Crippen LogP contribution in [0.25, 0.3) is 10.9 Å². The van der Waals surface area contributed by atoms with Crippen LogP contribution in [0.5, 0.6) is 5.75 Å². The number of rotatable bonds is 5. The number of amides is 1. The molecule has 0 aliphatic carbocycles. The molecule has 1 aromatic heterocycles. The highest BCUT2D eigenvalue weighted by Crippen LogP contribution is 2.23. The maximum atomic E-state index is 12.5. The Bertz CT molecular complexity index is 919. The highest BCUT2D eigenvalue weighted by atomic mass is 16.5. The molecule has 0 unspecified atom stereocenters. The predicted molar refractivity (Wildman–Crippen MR) is 101 cm³/mol. The van der Waals surface area contributed by atoms with Crippen molar-refractivity contribution in [1.82, 2.24) is 4.98 Å². The van der Waals surface area contributed by atoms with Crippen LogP contribution in [0.1, 0.15) is 23.7 Å². The summed E-state index contributed by atoms with van der Waals surface area (Å²) >= 11 is 0. The molecule has 128 valence electrons. The minimum absolute atomic E-state index is 0.0584. The van der Waals surface area contributed by atoms with Crippen LogP contribution in [0, 0.1) is 13.8 Å². The van der Waals surface area contributed by atoms with Crippen LogP contribution in [0.3, 0.4) is 0 Å². The van der Waals surface area contributed by atoms with E-state index < -0.39 is 0 Å². The van der Waals surface area contributed by atoms with E-state index in [0.717, 1.165) is 39.2 Å². The van der Waals surface area contributed by atoms with Gasteiger partial charge in [0, 0.05) is 22.8 Å². The molecular weight excluding hydrogens is 312 g/mol. The van der Waals surface area contributed by atoms with Crippen LogP contribution in [0.4, 0.5) is 5.69 Å². The first-order chi connectivity index (χ1) is 12.1. The van der Waals surface area contributed by atoms with Gasteiger partial charge in [0.25, 0.3) is 0 Å². The summed E-state index contributed by atoms with van der Waals surface area (Å²) in [6.07, 6.45) is 0.300. The molecule has 4 heteroatoms. The number of ether oxygens (including phenoxy) is 1. The standard InChI is InChI=1S/C21H22N2O2/c1-4-25-17-9-7-8-16(12-17)23-21(24)13-19-14(2)18-10-5-6-11-20(18)22-15(19)3/h5-12H,4,13H2,1-3H3,(H,23,24). The second-order valence-corrected chi connectivity index (χ2v) is 6.00. The monoisotopic (exact) mass is 334 g/mol. The smallest absolute Gasteiger partial charge is 0.228 e. The topological polar surface area (TPSA) is 51.2 Å². The van der Waals surface area contributed by atoms with Gasteiger partial charge in [-0.2, -0.15) is 0 Å². The SMILES string of the molecule is CCOc1cccc(NC(=O)Cc2c(C)nc3ccccc3c2C)c1. The molecule has 2 aromatic carbocycles. The quantitative estimate of drug-likeness (QED) is 0.751. The van der Waals surface area contributed by atoms with Gasteiger partial charge in [0.1, 0.15) is 5.75 Å². The summed E-state index contributed by atoms with van der Waals surface area (Å²) in [5, 5.41) is 4.04. The molecule has 0 radical (unpaired) electrons. The molecule has 1 heterocycles. The van der Waals surface area contributed by atoms with E-state index in [9.17, 15) is 4.79 Å². The molecule has 0 saturated heterocycles. The van der Waals surface area contributed by atoms with E-state index in [1.807, 2.05) is 62.4 Å². The van der Waals surface area contributed by atoms with Crippen molar-refractivity contribution in [3.63, 3.8) is 0 Å². The van der Waals surface area contributed by atoms with Gasteiger partial charge in [-0.15, -0.1) is 0 Å². The number of carbonyl (C=O) groups is 1. The maximum absolute atomic E-state index is 12.5. The molecule has 0 bridgehead atoms. The van der Waals surface area contributed by atoms with Crippen molar-refractivity contribution in [2.45, 2.75) is 27.2 Å². The van der Waals surface area contributed by atoms with Gasteiger partial charge in [0.2, 0.25) is 5.91 Å². The Morgan fingerprint density at radius 3 is 2.72 bits per heavy atom. The average Bonchev–Trinajstić information content (AvgIpc) is 2.59. The molecule has 0 saturated carbocycles. The first-order valence-electron chi connectivity index (χ1n) is 8.46. The second kappa shape index (κ2) is 7.34. The van der Waals surface area contributed by atoms with Crippen molar-refractivity contribution in [3.05, 3.63) is 65.4 Å². The normalized spacial score (nSPS) is 10.7. The fourth-order valence-electron chi connectivity index (χ4n) is 3.03. The van der Waals surface area contributed by atoms with Crippen LogP contribution in [0.15, 0.2) is 48.5 Å². The maximum Gasteiger partial charge on any atom is 0.228 e. The summed E-state index contributed by atoms with van der Waals surface area (Å²) in [6, 6.07) is 15.5. The highest BCUT2D eigenvalue weighted by molar-refractivity contribution is 5.94. The molecule has 25 heavy (non-hydrogen) atoms. The third-order valence-corrected chi connectivity index (χ3v) is 4.25.